The molecule has 1 aliphatic heterocycles. The zero-order valence-corrected chi connectivity index (χ0v) is 18.4. The van der Waals surface area contributed by atoms with Crippen molar-refractivity contribution in [1.29, 1.82) is 0 Å². The number of piperidine rings is 1. The summed E-state index contributed by atoms with van der Waals surface area (Å²) in [6, 6.07) is 8.20. The number of pyridine rings is 1. The van der Waals surface area contributed by atoms with Crippen LogP contribution in [0.5, 0.6) is 0 Å². The first-order valence-electron chi connectivity index (χ1n) is 10.3. The van der Waals surface area contributed by atoms with E-state index in [0.29, 0.717) is 0 Å². The van der Waals surface area contributed by atoms with Crippen LogP contribution in [-0.4, -0.2) is 27.6 Å². The van der Waals surface area contributed by atoms with Crippen LogP contribution in [-0.2, 0) is 6.54 Å². The summed E-state index contributed by atoms with van der Waals surface area (Å²) in [4.78, 5) is 11.2. The van der Waals surface area contributed by atoms with Gasteiger partial charge in [0.1, 0.15) is 5.52 Å². The smallest absolute Gasteiger partial charge is 0.151 e. The van der Waals surface area contributed by atoms with Crippen LogP contribution < -0.4 is 5.32 Å². The summed E-state index contributed by atoms with van der Waals surface area (Å²) in [5, 5.41) is 7.49. The van der Waals surface area contributed by atoms with Gasteiger partial charge in [0.25, 0.3) is 0 Å². The van der Waals surface area contributed by atoms with Crippen molar-refractivity contribution in [2.24, 2.45) is 5.92 Å². The normalized spacial score (nSPS) is 15.6. The maximum absolute atomic E-state index is 6.27. The maximum Gasteiger partial charge on any atom is 0.151 e. The molecule has 0 unspecified atom stereocenters. The number of aromatic nitrogens is 3. The van der Waals surface area contributed by atoms with Crippen molar-refractivity contribution in [2.75, 3.05) is 13.1 Å². The Morgan fingerprint density at radius 2 is 2.00 bits per heavy atom. The van der Waals surface area contributed by atoms with Crippen LogP contribution in [0, 0.1) is 19.8 Å². The number of nitrogens with one attached hydrogen (secondary N) is 1. The molecular weight excluding hydrogens is 400 g/mol. The van der Waals surface area contributed by atoms with Crippen LogP contribution in [0.15, 0.2) is 29.6 Å². The first-order chi connectivity index (χ1) is 14.1. The van der Waals surface area contributed by atoms with E-state index < -0.39 is 0 Å². The SMILES string of the molecule is Cc1ccsc1-c1nc2c(C)nc3cc(Cl)ccc3c2n1CCC1CCNCC1. The number of rotatable bonds is 4. The van der Waals surface area contributed by atoms with Crippen LogP contribution in [0.25, 0.3) is 32.6 Å². The molecule has 5 rings (SSSR count). The Labute approximate surface area is 179 Å². The van der Waals surface area contributed by atoms with Gasteiger partial charge in [-0.1, -0.05) is 11.6 Å². The van der Waals surface area contributed by atoms with Crippen molar-refractivity contribution in [3.8, 4) is 10.7 Å². The van der Waals surface area contributed by atoms with E-state index >= 15 is 0 Å². The minimum absolute atomic E-state index is 0.721. The molecule has 150 valence electrons. The van der Waals surface area contributed by atoms with Gasteiger partial charge in [0, 0.05) is 17.0 Å². The van der Waals surface area contributed by atoms with Crippen molar-refractivity contribution < 1.29 is 0 Å². The van der Waals surface area contributed by atoms with Gasteiger partial charge in [-0.2, -0.15) is 0 Å². The molecule has 0 radical (unpaired) electrons. The Balaban J connectivity index is 1.71. The van der Waals surface area contributed by atoms with Gasteiger partial charge in [-0.3, -0.25) is 4.98 Å². The highest BCUT2D eigenvalue weighted by Crippen LogP contribution is 2.36. The molecule has 4 heterocycles. The molecule has 0 spiro atoms. The Morgan fingerprint density at radius 3 is 2.76 bits per heavy atom. The molecule has 0 saturated carbocycles. The van der Waals surface area contributed by atoms with Crippen molar-refractivity contribution in [2.45, 2.75) is 39.7 Å². The van der Waals surface area contributed by atoms with Gasteiger partial charge in [-0.25, -0.2) is 4.98 Å². The van der Waals surface area contributed by atoms with E-state index in [1.165, 1.54) is 35.2 Å². The molecule has 0 atom stereocenters. The van der Waals surface area contributed by atoms with E-state index in [2.05, 4.69) is 41.2 Å². The lowest BCUT2D eigenvalue weighted by molar-refractivity contribution is 0.340. The maximum atomic E-state index is 6.27. The molecule has 0 amide bonds. The van der Waals surface area contributed by atoms with E-state index in [1.807, 2.05) is 12.1 Å². The quantitative estimate of drug-likeness (QED) is 0.438. The highest BCUT2D eigenvalue weighted by Gasteiger charge is 2.21. The van der Waals surface area contributed by atoms with Crippen molar-refractivity contribution in [3.05, 3.63) is 45.9 Å². The van der Waals surface area contributed by atoms with E-state index in [9.17, 15) is 0 Å². The number of imidazole rings is 1. The van der Waals surface area contributed by atoms with Gasteiger partial charge >= 0.3 is 0 Å². The summed E-state index contributed by atoms with van der Waals surface area (Å²) in [5.74, 6) is 1.85. The van der Waals surface area contributed by atoms with Crippen molar-refractivity contribution >= 4 is 44.9 Å². The number of thiophene rings is 1. The molecule has 1 aromatic carbocycles. The lowest BCUT2D eigenvalue weighted by atomic mass is 9.94. The van der Waals surface area contributed by atoms with Gasteiger partial charge in [-0.05, 0) is 87.3 Å². The molecule has 29 heavy (non-hydrogen) atoms. The van der Waals surface area contributed by atoms with Crippen LogP contribution in [0.4, 0.5) is 0 Å². The highest BCUT2D eigenvalue weighted by molar-refractivity contribution is 7.13. The second-order valence-electron chi connectivity index (χ2n) is 8.06. The van der Waals surface area contributed by atoms with Crippen LogP contribution in [0.2, 0.25) is 5.02 Å². The topological polar surface area (TPSA) is 42.7 Å². The average molecular weight is 425 g/mol. The minimum atomic E-state index is 0.721. The van der Waals surface area contributed by atoms with Gasteiger partial charge in [0.15, 0.2) is 5.82 Å². The number of hydrogen-bond acceptors (Lipinski definition) is 4. The van der Waals surface area contributed by atoms with Crippen molar-refractivity contribution in [1.82, 2.24) is 19.9 Å². The third-order valence-electron chi connectivity index (χ3n) is 6.10. The average Bonchev–Trinajstić information content (AvgIpc) is 3.31. The summed E-state index contributed by atoms with van der Waals surface area (Å²) in [6.07, 6.45) is 3.70. The molecule has 1 aliphatic rings. The predicted molar refractivity (Wildman–Crippen MR) is 123 cm³/mol. The third-order valence-corrected chi connectivity index (χ3v) is 7.35. The van der Waals surface area contributed by atoms with Gasteiger partial charge in [0.2, 0.25) is 0 Å². The minimum Gasteiger partial charge on any atom is -0.323 e. The lowest BCUT2D eigenvalue weighted by Crippen LogP contribution is -2.28. The fourth-order valence-corrected chi connectivity index (χ4v) is 5.57. The zero-order chi connectivity index (χ0) is 20.0. The number of nitrogens with zero attached hydrogens (tertiary/aromatic N) is 3. The molecule has 4 aromatic rings. The summed E-state index contributed by atoms with van der Waals surface area (Å²) in [5.41, 5.74) is 5.39. The number of halogens is 1. The monoisotopic (exact) mass is 424 g/mol. The fraction of sp³-hybridized carbons (Fsp3) is 0.391. The Morgan fingerprint density at radius 1 is 1.17 bits per heavy atom. The molecule has 1 fully saturated rings. The number of hydrogen-bond donors (Lipinski definition) is 1. The molecule has 4 nitrogen and oxygen atoms in total. The first-order valence-corrected chi connectivity index (χ1v) is 11.6. The number of benzene rings is 1. The Hall–Kier alpha value is -1.95. The number of aryl methyl sites for hydroxylation is 3. The lowest BCUT2D eigenvalue weighted by Gasteiger charge is -2.23. The second-order valence-corrected chi connectivity index (χ2v) is 9.41. The third kappa shape index (κ3) is 3.45. The number of fused-ring (bicyclic) bond motifs is 3. The molecular formula is C23H25ClN4S. The van der Waals surface area contributed by atoms with Crippen LogP contribution in [0.3, 0.4) is 0 Å². The van der Waals surface area contributed by atoms with Gasteiger partial charge < -0.3 is 9.88 Å². The first kappa shape index (κ1) is 19.0. The largest absolute Gasteiger partial charge is 0.323 e. The molecule has 3 aromatic heterocycles. The standard InChI is InChI=1S/C23H25ClN4S/c1-14-8-12-29-22(14)23-27-20-15(2)26-19-13-17(24)3-4-18(19)21(20)28(23)11-7-16-5-9-25-10-6-16/h3-4,8,12-13,16,25H,5-7,9-11H2,1-2H3. The summed E-state index contributed by atoms with van der Waals surface area (Å²) < 4.78 is 2.45. The summed E-state index contributed by atoms with van der Waals surface area (Å²) in [6.45, 7) is 7.48. The summed E-state index contributed by atoms with van der Waals surface area (Å²) in [7, 11) is 0. The summed E-state index contributed by atoms with van der Waals surface area (Å²) >= 11 is 8.04. The zero-order valence-electron chi connectivity index (χ0n) is 16.8. The highest BCUT2D eigenvalue weighted by atomic mass is 35.5. The molecule has 1 saturated heterocycles. The van der Waals surface area contributed by atoms with E-state index in [1.54, 1.807) is 11.3 Å². The Kier molecular flexibility index (Phi) is 5.06. The second kappa shape index (κ2) is 7.71. The Bertz CT molecular complexity index is 1190. The van der Waals surface area contributed by atoms with Crippen molar-refractivity contribution in [3.63, 3.8) is 0 Å². The van der Waals surface area contributed by atoms with E-state index in [-0.39, 0.29) is 0 Å². The molecule has 6 heteroatoms. The van der Waals surface area contributed by atoms with Gasteiger partial charge in [0.05, 0.1) is 21.6 Å². The van der Waals surface area contributed by atoms with Crippen LogP contribution in [0.1, 0.15) is 30.5 Å². The fourth-order valence-electron chi connectivity index (χ4n) is 4.48. The van der Waals surface area contributed by atoms with E-state index in [0.717, 1.165) is 58.5 Å². The van der Waals surface area contributed by atoms with Crippen LogP contribution >= 0.6 is 22.9 Å². The van der Waals surface area contributed by atoms with Gasteiger partial charge in [-0.15, -0.1) is 11.3 Å². The molecule has 0 bridgehead atoms. The molecule has 0 aliphatic carbocycles. The predicted octanol–water partition coefficient (Wildman–Crippen LogP) is 5.97. The molecule has 1 N–H and O–H groups in total. The van der Waals surface area contributed by atoms with E-state index in [4.69, 9.17) is 21.6 Å².